The molecule has 0 fully saturated rings. The van der Waals surface area contributed by atoms with Crippen molar-refractivity contribution in [2.75, 3.05) is 11.9 Å². The first kappa shape index (κ1) is 18.0. The molecule has 0 aliphatic carbocycles. The number of pyridine rings is 1. The maximum Gasteiger partial charge on any atom is 0.252 e. The van der Waals surface area contributed by atoms with Gasteiger partial charge in [-0.3, -0.25) is 14.6 Å². The number of thiazole rings is 1. The van der Waals surface area contributed by atoms with Crippen LogP contribution in [0, 0.1) is 0 Å². The third-order valence-electron chi connectivity index (χ3n) is 3.43. The van der Waals surface area contributed by atoms with Crippen molar-refractivity contribution in [1.82, 2.24) is 15.3 Å². The quantitative estimate of drug-likeness (QED) is 0.677. The van der Waals surface area contributed by atoms with Gasteiger partial charge in [-0.25, -0.2) is 4.98 Å². The van der Waals surface area contributed by atoms with E-state index >= 15 is 0 Å². The van der Waals surface area contributed by atoms with Crippen LogP contribution in [0.5, 0.6) is 0 Å². The Bertz CT molecular complexity index is 914. The molecule has 0 unspecified atom stereocenters. The predicted molar refractivity (Wildman–Crippen MR) is 102 cm³/mol. The number of hydrogen-bond donors (Lipinski definition) is 2. The summed E-state index contributed by atoms with van der Waals surface area (Å²) in [7, 11) is 0. The van der Waals surface area contributed by atoms with E-state index in [1.54, 1.807) is 30.5 Å². The topological polar surface area (TPSA) is 84.0 Å². The van der Waals surface area contributed by atoms with Crippen molar-refractivity contribution in [2.45, 2.75) is 6.42 Å². The molecule has 0 radical (unpaired) electrons. The number of carbonyl (C=O) groups is 2. The second-order valence-electron chi connectivity index (χ2n) is 5.29. The Morgan fingerprint density at radius 3 is 2.65 bits per heavy atom. The highest BCUT2D eigenvalue weighted by Crippen LogP contribution is 2.23. The molecule has 6 nitrogen and oxygen atoms in total. The number of hydrogen-bond acceptors (Lipinski definition) is 5. The van der Waals surface area contributed by atoms with Crippen LogP contribution in [0.1, 0.15) is 16.8 Å². The zero-order valence-electron chi connectivity index (χ0n) is 13.6. The van der Waals surface area contributed by atoms with E-state index in [4.69, 9.17) is 11.6 Å². The summed E-state index contributed by atoms with van der Waals surface area (Å²) in [6.45, 7) is 0.203. The van der Waals surface area contributed by atoms with Gasteiger partial charge in [0.05, 0.1) is 16.3 Å². The summed E-state index contributed by atoms with van der Waals surface area (Å²) >= 11 is 7.29. The molecule has 1 aromatic carbocycles. The molecule has 2 aromatic heterocycles. The van der Waals surface area contributed by atoms with Gasteiger partial charge in [-0.15, -0.1) is 11.3 Å². The summed E-state index contributed by atoms with van der Waals surface area (Å²) in [5.41, 5.74) is 1.84. The first-order valence-corrected chi connectivity index (χ1v) is 9.09. The lowest BCUT2D eigenvalue weighted by Crippen LogP contribution is -2.27. The van der Waals surface area contributed by atoms with Gasteiger partial charge in [0.1, 0.15) is 5.69 Å². The zero-order valence-corrected chi connectivity index (χ0v) is 15.2. The summed E-state index contributed by atoms with van der Waals surface area (Å²) in [4.78, 5) is 32.6. The highest BCUT2D eigenvalue weighted by Gasteiger charge is 2.11. The Morgan fingerprint density at radius 1 is 1.08 bits per heavy atom. The van der Waals surface area contributed by atoms with Crippen molar-refractivity contribution in [2.24, 2.45) is 0 Å². The number of nitrogens with zero attached hydrogens (tertiary/aromatic N) is 2. The smallest absolute Gasteiger partial charge is 0.252 e. The van der Waals surface area contributed by atoms with Crippen LogP contribution in [-0.4, -0.2) is 28.3 Å². The van der Waals surface area contributed by atoms with Gasteiger partial charge >= 0.3 is 0 Å². The molecule has 2 heterocycles. The van der Waals surface area contributed by atoms with Crippen molar-refractivity contribution in [3.63, 3.8) is 0 Å². The van der Waals surface area contributed by atoms with Crippen LogP contribution in [0.4, 0.5) is 5.13 Å². The molecule has 2 amide bonds. The maximum absolute atomic E-state index is 12.0. The summed E-state index contributed by atoms with van der Waals surface area (Å²) in [5, 5.41) is 8.10. The van der Waals surface area contributed by atoms with E-state index in [0.29, 0.717) is 21.4 Å². The number of carbonyl (C=O) groups excluding carboxylic acids is 2. The molecular formula is C18H15ClN4O2S. The van der Waals surface area contributed by atoms with Crippen LogP contribution in [0.15, 0.2) is 54.0 Å². The lowest BCUT2D eigenvalue weighted by molar-refractivity contribution is -0.116. The molecule has 0 atom stereocenters. The van der Waals surface area contributed by atoms with E-state index in [2.05, 4.69) is 20.6 Å². The van der Waals surface area contributed by atoms with Crippen LogP contribution in [0.3, 0.4) is 0 Å². The Balaban J connectivity index is 1.48. The number of halogens is 1. The second-order valence-corrected chi connectivity index (χ2v) is 6.55. The van der Waals surface area contributed by atoms with Gasteiger partial charge in [0, 0.05) is 24.5 Å². The molecule has 0 spiro atoms. The Morgan fingerprint density at radius 2 is 1.88 bits per heavy atom. The number of anilines is 1. The van der Waals surface area contributed by atoms with Gasteiger partial charge in [-0.2, -0.15) is 0 Å². The molecule has 0 bridgehead atoms. The minimum atomic E-state index is -0.310. The minimum Gasteiger partial charge on any atom is -0.351 e. The van der Waals surface area contributed by atoms with Gasteiger partial charge < -0.3 is 10.6 Å². The molecule has 3 aromatic rings. The van der Waals surface area contributed by atoms with Gasteiger partial charge in [0.15, 0.2) is 5.13 Å². The van der Waals surface area contributed by atoms with Crippen molar-refractivity contribution >= 4 is 39.9 Å². The highest BCUT2D eigenvalue weighted by atomic mass is 35.5. The molecular weight excluding hydrogens is 372 g/mol. The average Bonchev–Trinajstić information content (AvgIpc) is 3.11. The molecule has 0 saturated carbocycles. The fraction of sp³-hybridized carbons (Fsp3) is 0.111. The van der Waals surface area contributed by atoms with E-state index in [-0.39, 0.29) is 24.8 Å². The molecule has 132 valence electrons. The fourth-order valence-corrected chi connectivity index (χ4v) is 3.12. The zero-order chi connectivity index (χ0) is 18.4. The lowest BCUT2D eigenvalue weighted by Gasteiger charge is -2.06. The molecule has 0 aliphatic rings. The van der Waals surface area contributed by atoms with Crippen LogP contribution in [0.25, 0.3) is 11.4 Å². The van der Waals surface area contributed by atoms with E-state index in [9.17, 15) is 9.59 Å². The third-order valence-corrected chi connectivity index (χ3v) is 4.52. The maximum atomic E-state index is 12.0. The van der Waals surface area contributed by atoms with Gasteiger partial charge in [0.25, 0.3) is 5.91 Å². The highest BCUT2D eigenvalue weighted by molar-refractivity contribution is 7.14. The second kappa shape index (κ2) is 8.55. The van der Waals surface area contributed by atoms with Crippen molar-refractivity contribution in [3.8, 4) is 11.4 Å². The van der Waals surface area contributed by atoms with E-state index in [1.165, 1.54) is 11.3 Å². The Labute approximate surface area is 159 Å². The fourth-order valence-electron chi connectivity index (χ4n) is 2.17. The summed E-state index contributed by atoms with van der Waals surface area (Å²) in [5.74, 6) is -0.540. The standard InChI is InChI=1S/C18H15ClN4O2S/c19-13-6-2-1-5-12(13)17(25)21-10-8-16(24)23-18-22-15(11-26-18)14-7-3-4-9-20-14/h1-7,9,11H,8,10H2,(H,21,25)(H,22,23,24). The summed E-state index contributed by atoms with van der Waals surface area (Å²) < 4.78 is 0. The van der Waals surface area contributed by atoms with Crippen LogP contribution in [0.2, 0.25) is 5.02 Å². The number of amides is 2. The normalized spacial score (nSPS) is 10.3. The molecule has 8 heteroatoms. The molecule has 3 rings (SSSR count). The van der Waals surface area contributed by atoms with Crippen LogP contribution >= 0.6 is 22.9 Å². The molecule has 0 aliphatic heterocycles. The lowest BCUT2D eigenvalue weighted by atomic mass is 10.2. The molecule has 2 N–H and O–H groups in total. The largest absolute Gasteiger partial charge is 0.351 e. The van der Waals surface area contributed by atoms with Crippen molar-refractivity contribution in [1.29, 1.82) is 0 Å². The van der Waals surface area contributed by atoms with E-state index in [0.717, 1.165) is 5.69 Å². The minimum absolute atomic E-state index is 0.134. The summed E-state index contributed by atoms with van der Waals surface area (Å²) in [6.07, 6.45) is 1.82. The van der Waals surface area contributed by atoms with Gasteiger partial charge in [-0.1, -0.05) is 29.8 Å². The number of rotatable bonds is 6. The number of aromatic nitrogens is 2. The Hall–Kier alpha value is -2.77. The number of benzene rings is 1. The molecule has 26 heavy (non-hydrogen) atoms. The van der Waals surface area contributed by atoms with Gasteiger partial charge in [0.2, 0.25) is 5.91 Å². The molecule has 0 saturated heterocycles. The number of nitrogens with one attached hydrogen (secondary N) is 2. The first-order valence-electron chi connectivity index (χ1n) is 7.83. The Kier molecular flexibility index (Phi) is 5.93. The SMILES string of the molecule is O=C(CCNC(=O)c1ccccc1Cl)Nc1nc(-c2ccccn2)cs1. The van der Waals surface area contributed by atoms with Crippen molar-refractivity contribution < 1.29 is 9.59 Å². The van der Waals surface area contributed by atoms with Gasteiger partial charge in [-0.05, 0) is 24.3 Å². The predicted octanol–water partition coefficient (Wildman–Crippen LogP) is 3.62. The third kappa shape index (κ3) is 4.65. The summed E-state index contributed by atoms with van der Waals surface area (Å²) in [6, 6.07) is 12.3. The van der Waals surface area contributed by atoms with E-state index in [1.807, 2.05) is 23.6 Å². The monoisotopic (exact) mass is 386 g/mol. The average molecular weight is 387 g/mol. The van der Waals surface area contributed by atoms with E-state index < -0.39 is 0 Å². The van der Waals surface area contributed by atoms with Crippen LogP contribution in [-0.2, 0) is 4.79 Å². The first-order chi connectivity index (χ1) is 12.6. The van der Waals surface area contributed by atoms with Crippen LogP contribution < -0.4 is 10.6 Å². The van der Waals surface area contributed by atoms with Crippen molar-refractivity contribution in [3.05, 3.63) is 64.6 Å².